The molecule has 0 aromatic heterocycles. The Morgan fingerprint density at radius 3 is 2.56 bits per heavy atom. The van der Waals surface area contributed by atoms with Crippen molar-refractivity contribution >= 4 is 23.4 Å². The molecule has 0 atom stereocenters. The maximum Gasteiger partial charge on any atom is 0.411 e. The van der Waals surface area contributed by atoms with Gasteiger partial charge in [0.05, 0.1) is 0 Å². The Kier molecular flexibility index (Phi) is 4.58. The van der Waals surface area contributed by atoms with Gasteiger partial charge in [0.1, 0.15) is 0 Å². The molecule has 0 fully saturated rings. The summed E-state index contributed by atoms with van der Waals surface area (Å²) in [6.07, 6.45) is -0.968. The summed E-state index contributed by atoms with van der Waals surface area (Å²) in [5.41, 5.74) is 0.599. The monoisotopic (exact) mass is 242 g/mol. The second-order valence-corrected chi connectivity index (χ2v) is 4.15. The van der Waals surface area contributed by atoms with Gasteiger partial charge in [0.25, 0.3) is 0 Å². The third kappa shape index (κ3) is 3.72. The molecule has 0 aliphatic rings. The number of halogens is 1. The molecule has 1 aromatic carbocycles. The van der Waals surface area contributed by atoms with Crippen LogP contribution in [-0.4, -0.2) is 43.3 Å². The first-order valence-electron chi connectivity index (χ1n) is 4.91. The van der Waals surface area contributed by atoms with Crippen molar-refractivity contribution in [2.24, 2.45) is 0 Å². The van der Waals surface area contributed by atoms with Crippen molar-refractivity contribution < 1.29 is 9.90 Å². The molecule has 0 saturated heterocycles. The molecule has 0 bridgehead atoms. The zero-order valence-electron chi connectivity index (χ0n) is 9.35. The molecule has 0 radical (unpaired) electrons. The van der Waals surface area contributed by atoms with E-state index in [-0.39, 0.29) is 0 Å². The molecule has 4 nitrogen and oxygen atoms in total. The average Bonchev–Trinajstić information content (AvgIpc) is 2.17. The van der Waals surface area contributed by atoms with Crippen molar-refractivity contribution in [1.29, 1.82) is 0 Å². The fourth-order valence-electron chi connectivity index (χ4n) is 1.28. The fourth-order valence-corrected chi connectivity index (χ4v) is 1.46. The topological polar surface area (TPSA) is 43.8 Å². The second kappa shape index (κ2) is 5.72. The van der Waals surface area contributed by atoms with Crippen LogP contribution in [0.4, 0.5) is 10.5 Å². The van der Waals surface area contributed by atoms with E-state index in [0.29, 0.717) is 23.8 Å². The van der Waals surface area contributed by atoms with Crippen molar-refractivity contribution in [2.45, 2.75) is 0 Å². The number of hydrogen-bond acceptors (Lipinski definition) is 2. The van der Waals surface area contributed by atoms with Gasteiger partial charge >= 0.3 is 6.09 Å². The Labute approximate surface area is 100 Å². The van der Waals surface area contributed by atoms with Crippen LogP contribution in [0.25, 0.3) is 0 Å². The van der Waals surface area contributed by atoms with Crippen LogP contribution in [0, 0.1) is 0 Å². The summed E-state index contributed by atoms with van der Waals surface area (Å²) in [6.45, 7) is 1.08. The molecule has 0 aliphatic carbocycles. The van der Waals surface area contributed by atoms with Crippen LogP contribution in [0.5, 0.6) is 0 Å². The van der Waals surface area contributed by atoms with Crippen molar-refractivity contribution in [3.8, 4) is 0 Å². The van der Waals surface area contributed by atoms with E-state index >= 15 is 0 Å². The van der Waals surface area contributed by atoms with E-state index in [2.05, 4.69) is 0 Å². The molecule has 1 amide bonds. The van der Waals surface area contributed by atoms with Gasteiger partial charge in [-0.25, -0.2) is 4.79 Å². The number of carbonyl (C=O) groups is 1. The van der Waals surface area contributed by atoms with Gasteiger partial charge in [-0.05, 0) is 32.3 Å². The number of anilines is 1. The van der Waals surface area contributed by atoms with Crippen LogP contribution in [0.15, 0.2) is 24.3 Å². The van der Waals surface area contributed by atoms with Crippen LogP contribution in [0.3, 0.4) is 0 Å². The molecular weight excluding hydrogens is 228 g/mol. The predicted molar refractivity (Wildman–Crippen MR) is 65.4 cm³/mol. The van der Waals surface area contributed by atoms with Crippen LogP contribution in [-0.2, 0) is 0 Å². The highest BCUT2D eigenvalue weighted by atomic mass is 35.5. The summed E-state index contributed by atoms with van der Waals surface area (Å²) in [7, 11) is 3.80. The standard InChI is InChI=1S/C11H15ClN2O2/c1-13(2)6-7-14(11(15)16)10-5-3-4-9(12)8-10/h3-5,8H,6-7H2,1-2H3,(H,15,16). The van der Waals surface area contributed by atoms with E-state index in [1.807, 2.05) is 19.0 Å². The van der Waals surface area contributed by atoms with Gasteiger partial charge in [-0.1, -0.05) is 17.7 Å². The summed E-state index contributed by atoms with van der Waals surface area (Å²) in [5, 5.41) is 9.63. The van der Waals surface area contributed by atoms with Crippen molar-refractivity contribution in [3.63, 3.8) is 0 Å². The molecule has 1 aromatic rings. The molecule has 5 heteroatoms. The number of rotatable bonds is 4. The molecule has 1 rings (SSSR count). The lowest BCUT2D eigenvalue weighted by Gasteiger charge is -2.21. The molecule has 0 spiro atoms. The molecule has 0 unspecified atom stereocenters. The van der Waals surface area contributed by atoms with E-state index in [4.69, 9.17) is 16.7 Å². The lowest BCUT2D eigenvalue weighted by Crippen LogP contribution is -2.35. The van der Waals surface area contributed by atoms with E-state index in [1.54, 1.807) is 24.3 Å². The maximum atomic E-state index is 11.1. The van der Waals surface area contributed by atoms with Crippen molar-refractivity contribution in [2.75, 3.05) is 32.1 Å². The zero-order valence-corrected chi connectivity index (χ0v) is 10.1. The first-order valence-corrected chi connectivity index (χ1v) is 5.29. The van der Waals surface area contributed by atoms with Gasteiger partial charge in [-0.2, -0.15) is 0 Å². The lowest BCUT2D eigenvalue weighted by atomic mass is 10.3. The molecule has 0 saturated carbocycles. The number of carboxylic acid groups (broad SMARTS) is 1. The number of hydrogen-bond donors (Lipinski definition) is 1. The largest absolute Gasteiger partial charge is 0.465 e. The predicted octanol–water partition coefficient (Wildman–Crippen LogP) is 2.39. The first-order chi connectivity index (χ1) is 7.50. The Bertz CT molecular complexity index is 369. The molecule has 0 aliphatic heterocycles. The van der Waals surface area contributed by atoms with E-state index < -0.39 is 6.09 Å². The number of amides is 1. The third-order valence-electron chi connectivity index (χ3n) is 2.12. The van der Waals surface area contributed by atoms with Crippen molar-refractivity contribution in [1.82, 2.24) is 4.90 Å². The third-order valence-corrected chi connectivity index (χ3v) is 2.36. The van der Waals surface area contributed by atoms with Gasteiger partial charge < -0.3 is 10.0 Å². The Morgan fingerprint density at radius 1 is 1.38 bits per heavy atom. The molecule has 1 N–H and O–H groups in total. The van der Waals surface area contributed by atoms with Gasteiger partial charge in [0.15, 0.2) is 0 Å². The smallest absolute Gasteiger partial charge is 0.411 e. The highest BCUT2D eigenvalue weighted by Gasteiger charge is 2.14. The zero-order chi connectivity index (χ0) is 12.1. The molecule has 0 heterocycles. The summed E-state index contributed by atoms with van der Waals surface area (Å²) < 4.78 is 0. The van der Waals surface area contributed by atoms with E-state index in [1.165, 1.54) is 4.90 Å². The molecule has 16 heavy (non-hydrogen) atoms. The number of likely N-dealkylation sites (N-methyl/N-ethyl adjacent to an activating group) is 1. The average molecular weight is 243 g/mol. The van der Waals surface area contributed by atoms with Crippen LogP contribution in [0.2, 0.25) is 5.02 Å². The summed E-state index contributed by atoms with van der Waals surface area (Å²) >= 11 is 5.83. The minimum atomic E-state index is -0.968. The van der Waals surface area contributed by atoms with E-state index in [9.17, 15) is 4.79 Å². The Balaban J connectivity index is 2.81. The Hall–Kier alpha value is -1.26. The first kappa shape index (κ1) is 12.8. The molecular formula is C11H15ClN2O2. The fraction of sp³-hybridized carbons (Fsp3) is 0.364. The van der Waals surface area contributed by atoms with Gasteiger partial charge in [-0.15, -0.1) is 0 Å². The maximum absolute atomic E-state index is 11.1. The molecule has 88 valence electrons. The Morgan fingerprint density at radius 2 is 2.06 bits per heavy atom. The SMILES string of the molecule is CN(C)CCN(C(=O)O)c1cccc(Cl)c1. The number of nitrogens with zero attached hydrogens (tertiary/aromatic N) is 2. The minimum absolute atomic E-state index is 0.419. The van der Waals surface area contributed by atoms with E-state index in [0.717, 1.165) is 0 Å². The van der Waals surface area contributed by atoms with Crippen LogP contribution in [0.1, 0.15) is 0 Å². The summed E-state index contributed by atoms with van der Waals surface area (Å²) in [5.74, 6) is 0. The lowest BCUT2D eigenvalue weighted by molar-refractivity contribution is 0.201. The van der Waals surface area contributed by atoms with Crippen molar-refractivity contribution in [3.05, 3.63) is 29.3 Å². The highest BCUT2D eigenvalue weighted by molar-refractivity contribution is 6.30. The van der Waals surface area contributed by atoms with Crippen LogP contribution >= 0.6 is 11.6 Å². The quantitative estimate of drug-likeness (QED) is 0.882. The number of benzene rings is 1. The second-order valence-electron chi connectivity index (χ2n) is 3.72. The van der Waals surface area contributed by atoms with Gasteiger partial charge in [-0.3, -0.25) is 4.90 Å². The minimum Gasteiger partial charge on any atom is -0.465 e. The summed E-state index contributed by atoms with van der Waals surface area (Å²) in [6, 6.07) is 6.83. The highest BCUT2D eigenvalue weighted by Crippen LogP contribution is 2.19. The van der Waals surface area contributed by atoms with Crippen LogP contribution < -0.4 is 4.90 Å². The van der Waals surface area contributed by atoms with Gasteiger partial charge in [0.2, 0.25) is 0 Å². The summed E-state index contributed by atoms with van der Waals surface area (Å²) in [4.78, 5) is 14.3. The van der Waals surface area contributed by atoms with Gasteiger partial charge in [0, 0.05) is 23.8 Å². The normalized spacial score (nSPS) is 10.5.